The van der Waals surface area contributed by atoms with E-state index in [1.807, 2.05) is 12.1 Å². The minimum Gasteiger partial charge on any atom is -0.391 e. The van der Waals surface area contributed by atoms with Gasteiger partial charge in [0.15, 0.2) is 0 Å². The van der Waals surface area contributed by atoms with Gasteiger partial charge in [-0.25, -0.2) is 0 Å². The number of benzene rings is 1. The summed E-state index contributed by atoms with van der Waals surface area (Å²) >= 11 is 5.76. The fraction of sp³-hybridized carbons (Fsp3) is 0.333. The standard InChI is InChI=1S/C9H12ClNO.ClH/c1-6(12)9(11)7-3-2-4-8(10)5-7;/h2-6,9,12H,11H2,1H3;1H/t6-,9-;/m1./s1. The zero-order chi connectivity index (χ0) is 9.14. The highest BCUT2D eigenvalue weighted by molar-refractivity contribution is 6.30. The highest BCUT2D eigenvalue weighted by Gasteiger charge is 2.11. The summed E-state index contributed by atoms with van der Waals surface area (Å²) in [5.74, 6) is 0. The van der Waals surface area contributed by atoms with Crippen LogP contribution >= 0.6 is 24.0 Å². The summed E-state index contributed by atoms with van der Waals surface area (Å²) in [7, 11) is 0. The van der Waals surface area contributed by atoms with Crippen molar-refractivity contribution in [3.05, 3.63) is 34.9 Å². The van der Waals surface area contributed by atoms with E-state index in [1.165, 1.54) is 0 Å². The molecule has 0 aromatic heterocycles. The zero-order valence-electron chi connectivity index (χ0n) is 7.27. The Balaban J connectivity index is 0.00000144. The van der Waals surface area contributed by atoms with E-state index in [0.29, 0.717) is 5.02 Å². The van der Waals surface area contributed by atoms with E-state index in [-0.39, 0.29) is 18.4 Å². The van der Waals surface area contributed by atoms with Crippen molar-refractivity contribution in [2.75, 3.05) is 0 Å². The Kier molecular flexibility index (Phi) is 5.33. The lowest BCUT2D eigenvalue weighted by Gasteiger charge is -2.14. The van der Waals surface area contributed by atoms with Crippen LogP contribution in [0, 0.1) is 0 Å². The van der Waals surface area contributed by atoms with E-state index >= 15 is 0 Å². The monoisotopic (exact) mass is 221 g/mol. The van der Waals surface area contributed by atoms with Crippen LogP contribution in [0.4, 0.5) is 0 Å². The third kappa shape index (κ3) is 3.53. The van der Waals surface area contributed by atoms with Crippen LogP contribution in [0.3, 0.4) is 0 Å². The van der Waals surface area contributed by atoms with Crippen molar-refractivity contribution in [2.24, 2.45) is 5.73 Å². The summed E-state index contributed by atoms with van der Waals surface area (Å²) in [4.78, 5) is 0. The first-order valence-corrected chi connectivity index (χ1v) is 4.18. The summed E-state index contributed by atoms with van der Waals surface area (Å²) in [5.41, 5.74) is 6.56. The van der Waals surface area contributed by atoms with Crippen molar-refractivity contribution in [1.29, 1.82) is 0 Å². The largest absolute Gasteiger partial charge is 0.391 e. The molecule has 4 heteroatoms. The molecule has 0 fully saturated rings. The van der Waals surface area contributed by atoms with Crippen LogP contribution in [-0.2, 0) is 0 Å². The fourth-order valence-electron chi connectivity index (χ4n) is 0.992. The minimum absolute atomic E-state index is 0. The Morgan fingerprint density at radius 1 is 1.46 bits per heavy atom. The first-order valence-electron chi connectivity index (χ1n) is 3.80. The van der Waals surface area contributed by atoms with E-state index in [1.54, 1.807) is 19.1 Å². The second kappa shape index (κ2) is 5.45. The van der Waals surface area contributed by atoms with Gasteiger partial charge in [0, 0.05) is 5.02 Å². The maximum absolute atomic E-state index is 9.20. The molecule has 1 aromatic rings. The lowest BCUT2D eigenvalue weighted by Crippen LogP contribution is -2.22. The van der Waals surface area contributed by atoms with Gasteiger partial charge in [-0.3, -0.25) is 0 Å². The van der Waals surface area contributed by atoms with Crippen molar-refractivity contribution in [1.82, 2.24) is 0 Å². The summed E-state index contributed by atoms with van der Waals surface area (Å²) < 4.78 is 0. The van der Waals surface area contributed by atoms with Gasteiger partial charge in [0.05, 0.1) is 12.1 Å². The second-order valence-corrected chi connectivity index (χ2v) is 3.26. The molecule has 2 atom stereocenters. The van der Waals surface area contributed by atoms with Gasteiger partial charge in [0.25, 0.3) is 0 Å². The fourth-order valence-corrected chi connectivity index (χ4v) is 1.19. The molecule has 0 saturated heterocycles. The number of aliphatic hydroxyl groups excluding tert-OH is 1. The van der Waals surface area contributed by atoms with Gasteiger partial charge in [-0.15, -0.1) is 12.4 Å². The molecule has 0 bridgehead atoms. The lowest BCUT2D eigenvalue weighted by molar-refractivity contribution is 0.164. The average molecular weight is 222 g/mol. The van der Waals surface area contributed by atoms with Gasteiger partial charge in [0.2, 0.25) is 0 Å². The van der Waals surface area contributed by atoms with E-state index in [9.17, 15) is 5.11 Å². The molecular formula is C9H13Cl2NO. The molecule has 0 heterocycles. The predicted molar refractivity (Wildman–Crippen MR) is 57.3 cm³/mol. The molecule has 1 aromatic carbocycles. The van der Waals surface area contributed by atoms with Crippen LogP contribution in [0.5, 0.6) is 0 Å². The molecule has 2 nitrogen and oxygen atoms in total. The molecule has 0 aliphatic heterocycles. The molecule has 0 aliphatic rings. The van der Waals surface area contributed by atoms with Crippen molar-refractivity contribution in [2.45, 2.75) is 19.1 Å². The Bertz CT molecular complexity index is 266. The highest BCUT2D eigenvalue weighted by Crippen LogP contribution is 2.18. The second-order valence-electron chi connectivity index (χ2n) is 2.82. The number of rotatable bonds is 2. The van der Waals surface area contributed by atoms with Crippen LogP contribution in [0.2, 0.25) is 5.02 Å². The molecule has 1 rings (SSSR count). The summed E-state index contributed by atoms with van der Waals surface area (Å²) in [6.07, 6.45) is -0.552. The van der Waals surface area contributed by atoms with Crippen molar-refractivity contribution < 1.29 is 5.11 Å². The number of hydrogen-bond donors (Lipinski definition) is 2. The minimum atomic E-state index is -0.552. The van der Waals surface area contributed by atoms with Crippen molar-refractivity contribution in [3.63, 3.8) is 0 Å². The summed E-state index contributed by atoms with van der Waals surface area (Å²) in [5, 5.41) is 9.84. The molecule has 0 spiro atoms. The van der Waals surface area contributed by atoms with E-state index in [2.05, 4.69) is 0 Å². The normalized spacial score (nSPS) is 14.5. The van der Waals surface area contributed by atoms with E-state index in [4.69, 9.17) is 17.3 Å². The Morgan fingerprint density at radius 3 is 2.54 bits per heavy atom. The van der Waals surface area contributed by atoms with E-state index < -0.39 is 6.10 Å². The highest BCUT2D eigenvalue weighted by atomic mass is 35.5. The maximum Gasteiger partial charge on any atom is 0.0704 e. The Morgan fingerprint density at radius 2 is 2.08 bits per heavy atom. The number of nitrogens with two attached hydrogens (primary N) is 1. The quantitative estimate of drug-likeness (QED) is 0.805. The third-order valence-corrected chi connectivity index (χ3v) is 1.99. The molecular weight excluding hydrogens is 209 g/mol. The molecule has 0 saturated carbocycles. The number of hydrogen-bond acceptors (Lipinski definition) is 2. The number of aliphatic hydroxyl groups is 1. The van der Waals surface area contributed by atoms with Gasteiger partial charge in [-0.1, -0.05) is 23.7 Å². The summed E-state index contributed by atoms with van der Waals surface area (Å²) in [6, 6.07) is 6.85. The van der Waals surface area contributed by atoms with Crippen LogP contribution in [-0.4, -0.2) is 11.2 Å². The van der Waals surface area contributed by atoms with E-state index in [0.717, 1.165) is 5.56 Å². The van der Waals surface area contributed by atoms with Crippen molar-refractivity contribution >= 4 is 24.0 Å². The molecule has 0 amide bonds. The van der Waals surface area contributed by atoms with Crippen LogP contribution < -0.4 is 5.73 Å². The zero-order valence-corrected chi connectivity index (χ0v) is 8.85. The van der Waals surface area contributed by atoms with Gasteiger partial charge in [-0.2, -0.15) is 0 Å². The first kappa shape index (κ1) is 12.7. The molecule has 0 radical (unpaired) electrons. The topological polar surface area (TPSA) is 46.2 Å². The molecule has 0 aliphatic carbocycles. The lowest BCUT2D eigenvalue weighted by atomic mass is 10.0. The van der Waals surface area contributed by atoms with Crippen molar-refractivity contribution in [3.8, 4) is 0 Å². The van der Waals surface area contributed by atoms with Crippen LogP contribution in [0.1, 0.15) is 18.5 Å². The predicted octanol–water partition coefficient (Wildman–Crippen LogP) is 2.14. The van der Waals surface area contributed by atoms with Crippen LogP contribution in [0.15, 0.2) is 24.3 Å². The smallest absolute Gasteiger partial charge is 0.0704 e. The third-order valence-electron chi connectivity index (χ3n) is 1.75. The Hall–Kier alpha value is -0.280. The molecule has 3 N–H and O–H groups in total. The molecule has 13 heavy (non-hydrogen) atoms. The van der Waals surface area contributed by atoms with Crippen LogP contribution in [0.25, 0.3) is 0 Å². The average Bonchev–Trinajstić information content (AvgIpc) is 2.03. The summed E-state index contributed by atoms with van der Waals surface area (Å²) in [6.45, 7) is 1.66. The Labute approximate surface area is 89.1 Å². The SMILES string of the molecule is C[C@@H](O)[C@@H](N)c1cccc(Cl)c1.Cl. The maximum atomic E-state index is 9.20. The van der Waals surface area contributed by atoms with Gasteiger partial charge in [0.1, 0.15) is 0 Å². The van der Waals surface area contributed by atoms with Gasteiger partial charge in [-0.05, 0) is 24.6 Å². The molecule has 74 valence electrons. The first-order chi connectivity index (χ1) is 5.61. The van der Waals surface area contributed by atoms with Gasteiger partial charge < -0.3 is 10.8 Å². The van der Waals surface area contributed by atoms with Gasteiger partial charge >= 0.3 is 0 Å². The number of halogens is 2. The molecule has 0 unspecified atom stereocenters.